The van der Waals surface area contributed by atoms with Crippen LogP contribution >= 0.6 is 0 Å². The molecule has 404 valence electrons. The number of aromatic amines is 1. The highest BCUT2D eigenvalue weighted by atomic mass is 32.2. The number of carbonyl (C=O) groups excluding carboxylic acids is 1. The topological polar surface area (TPSA) is 208 Å². The van der Waals surface area contributed by atoms with E-state index in [0.717, 1.165) is 95.2 Å². The van der Waals surface area contributed by atoms with Gasteiger partial charge in [-0.15, -0.1) is 0 Å². The average Bonchev–Trinajstić information content (AvgIpc) is 3.88. The third kappa shape index (κ3) is 10.0. The molecule has 0 radical (unpaired) electrons. The van der Waals surface area contributed by atoms with Crippen LogP contribution in [0.1, 0.15) is 105 Å². The number of hydrogen-bond acceptors (Lipinski definition) is 15. The lowest BCUT2D eigenvalue weighted by Gasteiger charge is -2.58. The van der Waals surface area contributed by atoms with Crippen molar-refractivity contribution in [1.29, 1.82) is 0 Å². The number of piperidine rings is 2. The number of H-pyrrole nitrogens is 1. The Morgan fingerprint density at radius 3 is 2.46 bits per heavy atom. The van der Waals surface area contributed by atoms with Gasteiger partial charge in [-0.3, -0.25) is 24.7 Å². The number of nitro groups is 1. The van der Waals surface area contributed by atoms with E-state index in [9.17, 15) is 28.4 Å². The number of fused-ring (bicyclic) bond motifs is 3. The molecule has 7 heterocycles. The number of nitro benzene ring substituents is 1. The summed E-state index contributed by atoms with van der Waals surface area (Å²) in [5.74, 6) is -0.303. The maximum atomic E-state index is 14.8. The Morgan fingerprint density at radius 1 is 0.895 bits per heavy atom. The quantitative estimate of drug-likeness (QED) is 0.0686. The minimum absolute atomic E-state index is 0.120. The number of rotatable bonds is 12. The maximum Gasteiger partial charge on any atom is 0.293 e. The van der Waals surface area contributed by atoms with Gasteiger partial charge < -0.3 is 39.4 Å². The zero-order valence-corrected chi connectivity index (χ0v) is 44.4. The molecular weight excluding hydrogens is 987 g/mol. The van der Waals surface area contributed by atoms with E-state index in [2.05, 4.69) is 65.8 Å². The van der Waals surface area contributed by atoms with Crippen molar-refractivity contribution in [3.63, 3.8) is 0 Å². The molecule has 6 fully saturated rings. The van der Waals surface area contributed by atoms with E-state index in [1.165, 1.54) is 42.5 Å². The molecule has 19 heteroatoms. The molecule has 3 aromatic carbocycles. The number of hydrogen-bond donors (Lipinski definition) is 4. The number of aromatic nitrogens is 2. The van der Waals surface area contributed by atoms with Gasteiger partial charge in [-0.1, -0.05) is 24.3 Å². The number of aliphatic hydroxyl groups is 1. The lowest BCUT2D eigenvalue weighted by molar-refractivity contribution is -0.384. The van der Waals surface area contributed by atoms with Crippen LogP contribution in [0.25, 0.3) is 11.0 Å². The van der Waals surface area contributed by atoms with Crippen LogP contribution in [0.4, 0.5) is 28.4 Å². The summed E-state index contributed by atoms with van der Waals surface area (Å²) in [7, 11) is -4.62. The fourth-order valence-corrected chi connectivity index (χ4v) is 14.8. The number of carbonyl (C=O) groups is 1. The Balaban J connectivity index is 0.804. The molecule has 4 saturated heterocycles. The number of amides is 1. The largest absolute Gasteiger partial charge is 0.468 e. The van der Waals surface area contributed by atoms with Crippen molar-refractivity contribution >= 4 is 55.4 Å². The molecule has 12 rings (SSSR count). The molecule has 0 bridgehead atoms. The van der Waals surface area contributed by atoms with Gasteiger partial charge in [0.2, 0.25) is 5.88 Å². The Kier molecular flexibility index (Phi) is 13.8. The number of sulfonamides is 1. The first kappa shape index (κ1) is 51.0. The first-order valence-electron chi connectivity index (χ1n) is 27.6. The average molecular weight is 1060 g/mol. The van der Waals surface area contributed by atoms with Gasteiger partial charge in [-0.25, -0.2) is 13.1 Å². The molecule has 7 aliphatic rings. The van der Waals surface area contributed by atoms with Gasteiger partial charge in [0.15, 0.2) is 0 Å². The van der Waals surface area contributed by atoms with E-state index < -0.39 is 43.1 Å². The second kappa shape index (κ2) is 20.5. The highest BCUT2D eigenvalue weighted by Gasteiger charge is 2.51. The summed E-state index contributed by atoms with van der Waals surface area (Å²) in [4.78, 5) is 44.2. The first-order chi connectivity index (χ1) is 36.7. The van der Waals surface area contributed by atoms with Crippen LogP contribution in [0.3, 0.4) is 0 Å². The first-order valence-corrected chi connectivity index (χ1v) is 29.0. The van der Waals surface area contributed by atoms with Crippen LogP contribution in [-0.2, 0) is 19.5 Å². The second-order valence-corrected chi connectivity index (χ2v) is 24.7. The zero-order chi connectivity index (χ0) is 52.3. The molecule has 1 spiro atoms. The number of pyridine rings is 1. The fourth-order valence-electron chi connectivity index (χ4n) is 13.8. The molecular formula is C57H71N9O9S. The van der Waals surface area contributed by atoms with Gasteiger partial charge in [-0.2, -0.15) is 4.98 Å². The van der Waals surface area contributed by atoms with E-state index >= 15 is 0 Å². The molecule has 5 aliphatic heterocycles. The van der Waals surface area contributed by atoms with Gasteiger partial charge in [0.1, 0.15) is 23.1 Å². The van der Waals surface area contributed by atoms with E-state index in [1.54, 1.807) is 6.07 Å². The van der Waals surface area contributed by atoms with Crippen molar-refractivity contribution < 1.29 is 37.5 Å². The normalized spacial score (nSPS) is 27.3. The van der Waals surface area contributed by atoms with Gasteiger partial charge in [0.05, 0.1) is 52.5 Å². The summed E-state index contributed by atoms with van der Waals surface area (Å²) in [6, 6.07) is 23.4. The third-order valence-electron chi connectivity index (χ3n) is 18.3. The molecule has 2 saturated carbocycles. The molecule has 4 N–H and O–H groups in total. The summed E-state index contributed by atoms with van der Waals surface area (Å²) in [6.07, 6.45) is 11.5. The third-order valence-corrected chi connectivity index (χ3v) is 19.6. The predicted octanol–water partition coefficient (Wildman–Crippen LogP) is 8.23. The van der Waals surface area contributed by atoms with Crippen LogP contribution in [-0.4, -0.2) is 140 Å². The van der Waals surface area contributed by atoms with Crippen molar-refractivity contribution in [2.75, 3.05) is 80.8 Å². The SMILES string of the molecule is Cc1ccccc1[C@@H]1C[C@@H](N2CCOCC2)CCN1C1CC2(CCN(c3ccc(C(=O)NS(=O)(=O)c4ccc(NC[C@H]5CC[C@](C)(O)CC5)c([N+](=O)[O-])c4)c(N4c5cc6cc[nH]c6nc5O[C@H]5COCC[C@@H]54)c3)CC2)C1. The van der Waals surface area contributed by atoms with Gasteiger partial charge in [-0.05, 0) is 149 Å². The number of ether oxygens (including phenoxy) is 3. The highest BCUT2D eigenvalue weighted by molar-refractivity contribution is 7.90. The number of aryl methyl sites for hydroxylation is 1. The van der Waals surface area contributed by atoms with Crippen molar-refractivity contribution in [1.82, 2.24) is 24.5 Å². The Hall–Kier alpha value is -5.83. The molecule has 2 aromatic heterocycles. The summed E-state index contributed by atoms with van der Waals surface area (Å²) < 4.78 is 49.0. The lowest BCUT2D eigenvalue weighted by Crippen LogP contribution is -2.59. The van der Waals surface area contributed by atoms with Crippen molar-refractivity contribution in [3.05, 3.63) is 106 Å². The van der Waals surface area contributed by atoms with Crippen LogP contribution in [0.2, 0.25) is 0 Å². The van der Waals surface area contributed by atoms with Gasteiger partial charge in [0, 0.05) is 87.3 Å². The van der Waals surface area contributed by atoms with Crippen LogP contribution in [0.15, 0.2) is 83.9 Å². The van der Waals surface area contributed by atoms with Crippen LogP contribution < -0.4 is 24.6 Å². The van der Waals surface area contributed by atoms with Crippen molar-refractivity contribution in [3.8, 4) is 5.88 Å². The van der Waals surface area contributed by atoms with Crippen molar-refractivity contribution in [2.45, 2.75) is 125 Å². The Labute approximate surface area is 444 Å². The second-order valence-electron chi connectivity index (χ2n) is 23.1. The molecule has 1 amide bonds. The number of morpholine rings is 1. The van der Waals surface area contributed by atoms with E-state index in [4.69, 9.17) is 19.2 Å². The molecule has 0 unspecified atom stereocenters. The fraction of sp³-hybridized carbons (Fsp3) is 0.544. The Bertz CT molecular complexity index is 3080. The molecule has 76 heavy (non-hydrogen) atoms. The molecule has 2 aliphatic carbocycles. The molecule has 5 aromatic rings. The summed E-state index contributed by atoms with van der Waals surface area (Å²) >= 11 is 0. The van der Waals surface area contributed by atoms with Crippen LogP contribution in [0.5, 0.6) is 5.88 Å². The molecule has 4 atom stereocenters. The van der Waals surface area contributed by atoms with Crippen LogP contribution in [0, 0.1) is 28.4 Å². The van der Waals surface area contributed by atoms with E-state index in [1.807, 2.05) is 37.4 Å². The smallest absolute Gasteiger partial charge is 0.293 e. The van der Waals surface area contributed by atoms with E-state index in [0.29, 0.717) is 80.0 Å². The predicted molar refractivity (Wildman–Crippen MR) is 290 cm³/mol. The standard InChI is InChI=1S/C57H71N9O9S/c1-37-5-3-4-6-44(37)48-30-41(63-24-27-73-28-25-63)14-21-64(48)42-33-57(34-42)18-22-62(23-19-57)40-7-9-45(49(31-40)65-47-15-26-74-36-52(47)75-55-51(65)29-39-13-20-58-53(39)60-55)54(67)61-76(71,72)43-8-10-46(50(32-43)66(69)70)59-35-38-11-16-56(2,68)17-12-38/h3-10,13,20,29,31-32,38,41-42,47-48,52,59,68H,11-12,14-19,21-28,30,33-36H2,1-2H3,(H,58,60)(H,61,67)/t38-,41-,47-,48-,52-,56-/m0/s1. The zero-order valence-electron chi connectivity index (χ0n) is 43.6. The monoisotopic (exact) mass is 1060 g/mol. The lowest BCUT2D eigenvalue weighted by atomic mass is 9.59. The summed E-state index contributed by atoms with van der Waals surface area (Å²) in [5.41, 5.74) is 4.97. The highest BCUT2D eigenvalue weighted by Crippen LogP contribution is 2.54. The number of anilines is 4. The molecule has 18 nitrogen and oxygen atoms in total. The number of nitrogens with zero attached hydrogens (tertiary/aromatic N) is 6. The Morgan fingerprint density at radius 2 is 1.68 bits per heavy atom. The minimum atomic E-state index is -4.62. The number of likely N-dealkylation sites (tertiary alicyclic amines) is 1. The van der Waals surface area contributed by atoms with Gasteiger partial charge in [0.25, 0.3) is 21.6 Å². The van der Waals surface area contributed by atoms with Gasteiger partial charge >= 0.3 is 0 Å². The van der Waals surface area contributed by atoms with Crippen molar-refractivity contribution in [2.24, 2.45) is 11.3 Å². The maximum absolute atomic E-state index is 14.8. The summed E-state index contributed by atoms with van der Waals surface area (Å²) in [5, 5.41) is 26.8. The number of nitrogens with one attached hydrogen (secondary N) is 3. The summed E-state index contributed by atoms with van der Waals surface area (Å²) in [6.45, 7) is 11.7. The van der Waals surface area contributed by atoms with E-state index in [-0.39, 0.29) is 28.6 Å². The minimum Gasteiger partial charge on any atom is -0.468 e. The number of benzene rings is 3.